The summed E-state index contributed by atoms with van der Waals surface area (Å²) in [5.74, 6) is 0.271. The lowest BCUT2D eigenvalue weighted by Gasteiger charge is -2.19. The molecule has 1 amide bonds. The van der Waals surface area contributed by atoms with E-state index in [4.69, 9.17) is 0 Å². The third-order valence-corrected chi connectivity index (χ3v) is 3.42. The summed E-state index contributed by atoms with van der Waals surface area (Å²) >= 11 is 0. The van der Waals surface area contributed by atoms with Gasteiger partial charge in [-0.15, -0.1) is 0 Å². The van der Waals surface area contributed by atoms with E-state index in [1.54, 1.807) is 30.1 Å². The van der Waals surface area contributed by atoms with E-state index in [9.17, 15) is 9.18 Å². The second-order valence-electron chi connectivity index (χ2n) is 4.90. The Morgan fingerprint density at radius 1 is 1.50 bits per heavy atom. The summed E-state index contributed by atoms with van der Waals surface area (Å²) in [4.78, 5) is 13.6. The van der Waals surface area contributed by atoms with E-state index in [2.05, 4.69) is 5.32 Å². The maximum absolute atomic E-state index is 13.5. The molecule has 18 heavy (non-hydrogen) atoms. The van der Waals surface area contributed by atoms with Crippen LogP contribution in [0.5, 0.6) is 0 Å². The van der Waals surface area contributed by atoms with Crippen LogP contribution in [0.1, 0.15) is 18.4 Å². The van der Waals surface area contributed by atoms with E-state index in [1.807, 2.05) is 0 Å². The van der Waals surface area contributed by atoms with E-state index in [1.165, 1.54) is 6.07 Å². The van der Waals surface area contributed by atoms with Crippen molar-refractivity contribution in [3.8, 4) is 0 Å². The first-order valence-corrected chi connectivity index (χ1v) is 6.35. The van der Waals surface area contributed by atoms with Crippen molar-refractivity contribution < 1.29 is 9.18 Å². The minimum Gasteiger partial charge on any atom is -0.341 e. The molecule has 0 aromatic heterocycles. The normalized spacial score (nSPS) is 18.9. The van der Waals surface area contributed by atoms with Gasteiger partial charge in [0.1, 0.15) is 5.82 Å². The van der Waals surface area contributed by atoms with Gasteiger partial charge < -0.3 is 10.2 Å². The predicted molar refractivity (Wildman–Crippen MR) is 68.5 cm³/mol. The first kappa shape index (κ1) is 13.0. The second kappa shape index (κ2) is 5.96. The molecule has 1 aliphatic heterocycles. The van der Waals surface area contributed by atoms with E-state index in [0.29, 0.717) is 24.4 Å². The van der Waals surface area contributed by atoms with Gasteiger partial charge >= 0.3 is 0 Å². The molecule has 1 heterocycles. The highest BCUT2D eigenvalue weighted by molar-refractivity contribution is 5.76. The fraction of sp³-hybridized carbons (Fsp3) is 0.500. The van der Waals surface area contributed by atoms with Crippen LogP contribution in [0, 0.1) is 11.7 Å². The molecule has 1 N–H and O–H groups in total. The van der Waals surface area contributed by atoms with Gasteiger partial charge in [-0.2, -0.15) is 0 Å². The highest BCUT2D eigenvalue weighted by Gasteiger charge is 2.20. The zero-order valence-electron chi connectivity index (χ0n) is 10.7. The maximum atomic E-state index is 13.5. The molecule has 1 aromatic rings. The van der Waals surface area contributed by atoms with Crippen LogP contribution in [0.3, 0.4) is 0 Å². The van der Waals surface area contributed by atoms with Gasteiger partial charge in [-0.3, -0.25) is 4.79 Å². The molecule has 1 atom stereocenters. The summed E-state index contributed by atoms with van der Waals surface area (Å²) in [6.07, 6.45) is 1.61. The van der Waals surface area contributed by atoms with Crippen molar-refractivity contribution in [2.45, 2.75) is 19.4 Å². The average molecular weight is 250 g/mol. The van der Waals surface area contributed by atoms with Crippen LogP contribution in [0.15, 0.2) is 24.3 Å². The summed E-state index contributed by atoms with van der Waals surface area (Å²) in [7, 11) is 1.73. The molecule has 0 spiro atoms. The number of hydrogen-bond donors (Lipinski definition) is 1. The Balaban J connectivity index is 1.89. The summed E-state index contributed by atoms with van der Waals surface area (Å²) in [6.45, 7) is 2.25. The van der Waals surface area contributed by atoms with Crippen molar-refractivity contribution in [2.24, 2.45) is 5.92 Å². The molecule has 1 unspecified atom stereocenters. The second-order valence-corrected chi connectivity index (χ2v) is 4.90. The van der Waals surface area contributed by atoms with Gasteiger partial charge in [0.25, 0.3) is 0 Å². The molecule has 1 saturated heterocycles. The van der Waals surface area contributed by atoms with E-state index in [-0.39, 0.29) is 11.7 Å². The largest absolute Gasteiger partial charge is 0.341 e. The van der Waals surface area contributed by atoms with E-state index >= 15 is 0 Å². The van der Waals surface area contributed by atoms with Gasteiger partial charge in [-0.1, -0.05) is 18.2 Å². The molecule has 4 heteroatoms. The first-order valence-electron chi connectivity index (χ1n) is 6.35. The SMILES string of the molecule is CN(Cc1ccccc1F)C(=O)CC1CCNC1. The molecule has 1 aliphatic rings. The lowest BCUT2D eigenvalue weighted by Crippen LogP contribution is -2.28. The minimum atomic E-state index is -0.250. The zero-order chi connectivity index (χ0) is 13.0. The van der Waals surface area contributed by atoms with Crippen LogP contribution in [0.4, 0.5) is 4.39 Å². The lowest BCUT2D eigenvalue weighted by molar-refractivity contribution is -0.131. The van der Waals surface area contributed by atoms with Crippen LogP contribution >= 0.6 is 0 Å². The van der Waals surface area contributed by atoms with Gasteiger partial charge in [-0.25, -0.2) is 4.39 Å². The summed E-state index contributed by atoms with van der Waals surface area (Å²) < 4.78 is 13.5. The Bertz CT molecular complexity index is 416. The Morgan fingerprint density at radius 2 is 2.28 bits per heavy atom. The number of rotatable bonds is 4. The number of carbonyl (C=O) groups is 1. The number of nitrogens with zero attached hydrogens (tertiary/aromatic N) is 1. The molecule has 1 aromatic carbocycles. The highest BCUT2D eigenvalue weighted by atomic mass is 19.1. The maximum Gasteiger partial charge on any atom is 0.222 e. The van der Waals surface area contributed by atoms with Gasteiger partial charge in [0.2, 0.25) is 5.91 Å². The van der Waals surface area contributed by atoms with Crippen molar-refractivity contribution >= 4 is 5.91 Å². The standard InChI is InChI=1S/C14H19FN2O/c1-17(10-12-4-2-3-5-13(12)15)14(18)8-11-6-7-16-9-11/h2-5,11,16H,6-10H2,1H3. The zero-order valence-corrected chi connectivity index (χ0v) is 10.7. The Kier molecular flexibility index (Phi) is 4.31. The Morgan fingerprint density at radius 3 is 2.94 bits per heavy atom. The number of hydrogen-bond acceptors (Lipinski definition) is 2. The van der Waals surface area contributed by atoms with Crippen molar-refractivity contribution in [3.63, 3.8) is 0 Å². The Labute approximate surface area is 107 Å². The predicted octanol–water partition coefficient (Wildman–Crippen LogP) is 1.78. The van der Waals surface area contributed by atoms with Crippen molar-refractivity contribution in [1.29, 1.82) is 0 Å². The van der Waals surface area contributed by atoms with Gasteiger partial charge in [0.15, 0.2) is 0 Å². The van der Waals surface area contributed by atoms with Crippen molar-refractivity contribution in [1.82, 2.24) is 10.2 Å². The number of halogens is 1. The molecule has 3 nitrogen and oxygen atoms in total. The molecule has 0 saturated carbocycles. The smallest absolute Gasteiger partial charge is 0.222 e. The van der Waals surface area contributed by atoms with E-state index in [0.717, 1.165) is 19.5 Å². The molecular formula is C14H19FN2O. The third kappa shape index (κ3) is 3.29. The highest BCUT2D eigenvalue weighted by Crippen LogP contribution is 2.15. The van der Waals surface area contributed by atoms with Crippen LogP contribution in [-0.4, -0.2) is 30.9 Å². The summed E-state index contributed by atoms with van der Waals surface area (Å²) in [5.41, 5.74) is 0.567. The number of nitrogens with one attached hydrogen (secondary N) is 1. The molecule has 0 radical (unpaired) electrons. The van der Waals surface area contributed by atoms with Gasteiger partial charge in [0, 0.05) is 25.6 Å². The molecule has 0 aliphatic carbocycles. The van der Waals surface area contributed by atoms with Gasteiger partial charge in [0.05, 0.1) is 0 Å². The lowest BCUT2D eigenvalue weighted by atomic mass is 10.0. The molecule has 0 bridgehead atoms. The third-order valence-electron chi connectivity index (χ3n) is 3.42. The number of carbonyl (C=O) groups excluding carboxylic acids is 1. The van der Waals surface area contributed by atoms with Crippen molar-refractivity contribution in [2.75, 3.05) is 20.1 Å². The quantitative estimate of drug-likeness (QED) is 0.883. The summed E-state index contributed by atoms with van der Waals surface area (Å²) in [5, 5.41) is 3.24. The monoisotopic (exact) mass is 250 g/mol. The van der Waals surface area contributed by atoms with Crippen LogP contribution in [0.25, 0.3) is 0 Å². The molecule has 2 rings (SSSR count). The van der Waals surface area contributed by atoms with Crippen molar-refractivity contribution in [3.05, 3.63) is 35.6 Å². The molecule has 98 valence electrons. The number of amides is 1. The van der Waals surface area contributed by atoms with Crippen LogP contribution < -0.4 is 5.32 Å². The molecular weight excluding hydrogens is 231 g/mol. The topological polar surface area (TPSA) is 32.3 Å². The fourth-order valence-electron chi connectivity index (χ4n) is 2.26. The van der Waals surface area contributed by atoms with Gasteiger partial charge in [-0.05, 0) is 31.5 Å². The Hall–Kier alpha value is -1.42. The van der Waals surface area contributed by atoms with E-state index < -0.39 is 0 Å². The first-order chi connectivity index (χ1) is 8.66. The summed E-state index contributed by atoms with van der Waals surface area (Å²) in [6, 6.07) is 6.59. The fourth-order valence-corrected chi connectivity index (χ4v) is 2.26. The van der Waals surface area contributed by atoms with Crippen LogP contribution in [0.2, 0.25) is 0 Å². The number of benzene rings is 1. The minimum absolute atomic E-state index is 0.0898. The van der Waals surface area contributed by atoms with Crippen LogP contribution in [-0.2, 0) is 11.3 Å². The average Bonchev–Trinajstić information content (AvgIpc) is 2.84. The molecule has 1 fully saturated rings.